The van der Waals surface area contributed by atoms with Crippen molar-refractivity contribution >= 4 is 62.2 Å². The zero-order valence-electron chi connectivity index (χ0n) is 18.4. The summed E-state index contributed by atoms with van der Waals surface area (Å²) in [4.78, 5) is 28.2. The van der Waals surface area contributed by atoms with E-state index in [0.717, 1.165) is 47.7 Å². The van der Waals surface area contributed by atoms with Crippen molar-refractivity contribution in [3.05, 3.63) is 57.2 Å². The van der Waals surface area contributed by atoms with Gasteiger partial charge in [0.05, 0.1) is 22.0 Å². The van der Waals surface area contributed by atoms with Gasteiger partial charge in [-0.05, 0) is 56.5 Å². The van der Waals surface area contributed by atoms with Crippen molar-refractivity contribution in [1.82, 2.24) is 19.8 Å². The average Bonchev–Trinajstić information content (AvgIpc) is 3.61. The van der Waals surface area contributed by atoms with Crippen LogP contribution in [0, 0.1) is 0 Å². The minimum atomic E-state index is 0.0738. The third kappa shape index (κ3) is 5.01. The number of fused-ring (bicyclic) bond motifs is 3. The molecule has 1 aliphatic carbocycles. The summed E-state index contributed by atoms with van der Waals surface area (Å²) in [6.07, 6.45) is 9.61. The Balaban J connectivity index is 1.36. The Morgan fingerprint density at radius 3 is 2.94 bits per heavy atom. The second-order valence-corrected chi connectivity index (χ2v) is 10.5. The van der Waals surface area contributed by atoms with Gasteiger partial charge in [0.15, 0.2) is 0 Å². The molecule has 1 saturated carbocycles. The van der Waals surface area contributed by atoms with E-state index < -0.39 is 0 Å². The van der Waals surface area contributed by atoms with Gasteiger partial charge in [0.25, 0.3) is 0 Å². The van der Waals surface area contributed by atoms with Gasteiger partial charge >= 0.3 is 0 Å². The lowest BCUT2D eigenvalue weighted by Gasteiger charge is -2.18. The van der Waals surface area contributed by atoms with Crippen LogP contribution >= 0.6 is 34.5 Å². The van der Waals surface area contributed by atoms with Crippen molar-refractivity contribution in [2.45, 2.75) is 38.3 Å². The van der Waals surface area contributed by atoms with E-state index in [1.165, 1.54) is 23.3 Å². The summed E-state index contributed by atoms with van der Waals surface area (Å²) in [6.45, 7) is 2.16. The first-order valence-corrected chi connectivity index (χ1v) is 12.7. The molecule has 2 aromatic heterocycles. The number of amides is 1. The van der Waals surface area contributed by atoms with Crippen LogP contribution < -0.4 is 5.32 Å². The lowest BCUT2D eigenvalue weighted by molar-refractivity contribution is -0.126. The van der Waals surface area contributed by atoms with E-state index in [1.54, 1.807) is 35.9 Å². The summed E-state index contributed by atoms with van der Waals surface area (Å²) in [5, 5.41) is 5.40. The van der Waals surface area contributed by atoms with Crippen LogP contribution in [0.1, 0.15) is 29.7 Å². The van der Waals surface area contributed by atoms with E-state index in [-0.39, 0.29) is 5.91 Å². The summed E-state index contributed by atoms with van der Waals surface area (Å²) < 4.78 is 0. The number of benzene rings is 1. The largest absolute Gasteiger partial charge is 0.340 e. The first-order valence-electron chi connectivity index (χ1n) is 11.1. The van der Waals surface area contributed by atoms with Gasteiger partial charge in [-0.3, -0.25) is 9.69 Å². The lowest BCUT2D eigenvalue weighted by atomic mass is 10.1. The van der Waals surface area contributed by atoms with Gasteiger partial charge in [0.1, 0.15) is 17.0 Å². The molecule has 6 nitrogen and oxygen atoms in total. The molecule has 0 unspecified atom stereocenters. The minimum Gasteiger partial charge on any atom is -0.340 e. The molecule has 2 aliphatic rings. The van der Waals surface area contributed by atoms with Crippen molar-refractivity contribution in [2.75, 3.05) is 25.5 Å². The van der Waals surface area contributed by atoms with Crippen molar-refractivity contribution in [2.24, 2.45) is 0 Å². The first-order chi connectivity index (χ1) is 16.0. The second kappa shape index (κ2) is 9.58. The Labute approximate surface area is 207 Å². The molecule has 3 aromatic rings. The van der Waals surface area contributed by atoms with E-state index in [9.17, 15) is 4.79 Å². The number of rotatable bonds is 6. The van der Waals surface area contributed by atoms with Crippen molar-refractivity contribution in [1.29, 1.82) is 0 Å². The number of hydrogen-bond acceptors (Lipinski definition) is 6. The van der Waals surface area contributed by atoms with E-state index >= 15 is 0 Å². The van der Waals surface area contributed by atoms with Crippen LogP contribution in [0.5, 0.6) is 0 Å². The van der Waals surface area contributed by atoms with Crippen molar-refractivity contribution in [3.63, 3.8) is 0 Å². The van der Waals surface area contributed by atoms with E-state index in [0.29, 0.717) is 22.6 Å². The van der Waals surface area contributed by atoms with E-state index in [4.69, 9.17) is 23.2 Å². The van der Waals surface area contributed by atoms with Gasteiger partial charge in [0.2, 0.25) is 5.91 Å². The van der Waals surface area contributed by atoms with Crippen LogP contribution in [0.3, 0.4) is 0 Å². The number of nitrogens with zero attached hydrogens (tertiary/aromatic N) is 4. The number of aryl methyl sites for hydroxylation is 1. The monoisotopic (exact) mass is 501 g/mol. The molecule has 33 heavy (non-hydrogen) atoms. The fraction of sp³-hybridized carbons (Fsp3) is 0.375. The van der Waals surface area contributed by atoms with E-state index in [1.807, 2.05) is 17.0 Å². The highest BCUT2D eigenvalue weighted by Gasteiger charge is 2.26. The fourth-order valence-electron chi connectivity index (χ4n) is 4.21. The number of nitrogens with one attached hydrogen (secondary N) is 1. The lowest BCUT2D eigenvalue weighted by Crippen LogP contribution is -2.29. The molecule has 9 heteroatoms. The van der Waals surface area contributed by atoms with Crippen LogP contribution in [-0.2, 0) is 17.8 Å². The Morgan fingerprint density at radius 1 is 1.30 bits per heavy atom. The summed E-state index contributed by atoms with van der Waals surface area (Å²) in [7, 11) is 2.12. The summed E-state index contributed by atoms with van der Waals surface area (Å²) in [6, 6.07) is 6.12. The van der Waals surface area contributed by atoms with E-state index in [2.05, 4.69) is 27.2 Å². The molecule has 172 valence electrons. The molecule has 3 heterocycles. The summed E-state index contributed by atoms with van der Waals surface area (Å²) >= 11 is 13.9. The third-order valence-corrected chi connectivity index (χ3v) is 8.04. The molecule has 1 aromatic carbocycles. The molecule has 0 bridgehead atoms. The Kier molecular flexibility index (Phi) is 6.56. The number of likely N-dealkylation sites (N-methyl/N-ethyl adjacent to an activating group) is 1. The molecule has 0 saturated heterocycles. The Morgan fingerprint density at radius 2 is 2.15 bits per heavy atom. The average molecular weight is 502 g/mol. The van der Waals surface area contributed by atoms with Crippen LogP contribution in [0.2, 0.25) is 10.0 Å². The topological polar surface area (TPSA) is 61.4 Å². The molecule has 0 atom stereocenters. The molecular weight excluding hydrogens is 477 g/mol. The molecule has 1 N–H and O–H groups in total. The smallest absolute Gasteiger partial charge is 0.246 e. The molecule has 0 radical (unpaired) electrons. The normalized spacial score (nSPS) is 16.4. The van der Waals surface area contributed by atoms with Gasteiger partial charge in [-0.15, -0.1) is 11.3 Å². The maximum atomic E-state index is 12.9. The van der Waals surface area contributed by atoms with Crippen molar-refractivity contribution in [3.8, 4) is 0 Å². The van der Waals surface area contributed by atoms with Gasteiger partial charge in [-0.2, -0.15) is 0 Å². The van der Waals surface area contributed by atoms with Gasteiger partial charge in [-0.25, -0.2) is 9.97 Å². The highest BCUT2D eigenvalue weighted by molar-refractivity contribution is 7.19. The Bertz CT molecular complexity index is 1220. The van der Waals surface area contributed by atoms with Gasteiger partial charge in [0, 0.05) is 35.8 Å². The fourth-order valence-corrected chi connectivity index (χ4v) is 5.71. The SMILES string of the molecule is CN(CC=CC(=O)N1CCCc2c(sc3ncnc(Nc4ccc(Cl)c(Cl)c4)c23)C1)C1CC1. The third-order valence-electron chi connectivity index (χ3n) is 6.18. The summed E-state index contributed by atoms with van der Waals surface area (Å²) in [5.41, 5.74) is 2.04. The molecule has 1 amide bonds. The number of carbonyl (C=O) groups excluding carboxylic acids is 1. The van der Waals surface area contributed by atoms with Crippen molar-refractivity contribution < 1.29 is 4.79 Å². The van der Waals surface area contributed by atoms with Crippen LogP contribution in [0.4, 0.5) is 11.5 Å². The Hall–Kier alpha value is -2.19. The maximum absolute atomic E-state index is 12.9. The highest BCUT2D eigenvalue weighted by Crippen LogP contribution is 2.38. The predicted molar refractivity (Wildman–Crippen MR) is 136 cm³/mol. The molecule has 1 fully saturated rings. The highest BCUT2D eigenvalue weighted by atomic mass is 35.5. The first kappa shape index (κ1) is 22.6. The van der Waals surface area contributed by atoms with Crippen LogP contribution in [0.25, 0.3) is 10.2 Å². The zero-order valence-corrected chi connectivity index (χ0v) is 20.7. The zero-order chi connectivity index (χ0) is 22.9. The number of aromatic nitrogens is 2. The van der Waals surface area contributed by atoms with Gasteiger partial charge in [-0.1, -0.05) is 29.3 Å². The minimum absolute atomic E-state index is 0.0738. The van der Waals surface area contributed by atoms with Crippen LogP contribution in [0.15, 0.2) is 36.7 Å². The molecule has 1 aliphatic heterocycles. The number of anilines is 2. The number of thiophene rings is 1. The molecule has 0 spiro atoms. The number of hydrogen-bond donors (Lipinski definition) is 1. The molecular formula is C24H25Cl2N5OS. The number of halogens is 2. The quantitative estimate of drug-likeness (QED) is 0.441. The maximum Gasteiger partial charge on any atom is 0.246 e. The second-order valence-electron chi connectivity index (χ2n) is 8.60. The number of carbonyl (C=O) groups is 1. The molecule has 5 rings (SSSR count). The van der Waals surface area contributed by atoms with Gasteiger partial charge < -0.3 is 10.2 Å². The summed E-state index contributed by atoms with van der Waals surface area (Å²) in [5.74, 6) is 0.823. The van der Waals surface area contributed by atoms with Crippen LogP contribution in [-0.4, -0.2) is 51.9 Å². The standard InChI is InChI=1S/C24H25Cl2N5OS/c1-30(16-7-8-16)10-3-5-21(32)31-11-2-4-17-20(13-31)33-24-22(17)23(27-14-28-24)29-15-6-9-18(25)19(26)12-15/h3,5-6,9,12,14,16H,2,4,7-8,10-11,13H2,1H3,(H,27,28,29). The predicted octanol–water partition coefficient (Wildman–Crippen LogP) is 5.67.